The van der Waals surface area contributed by atoms with Crippen molar-refractivity contribution in [3.05, 3.63) is 51.2 Å². The number of hydrogen-bond donors (Lipinski definition) is 2. The Hall–Kier alpha value is -2.41. The van der Waals surface area contributed by atoms with Gasteiger partial charge >= 0.3 is 0 Å². The van der Waals surface area contributed by atoms with Gasteiger partial charge in [-0.25, -0.2) is 0 Å². The van der Waals surface area contributed by atoms with Gasteiger partial charge in [-0.1, -0.05) is 6.92 Å². The molecule has 1 saturated heterocycles. The fraction of sp³-hybridized carbons (Fsp3) is 0.550. The maximum atomic E-state index is 12.3. The normalized spacial score (nSPS) is 15.8. The first kappa shape index (κ1) is 19.4. The summed E-state index contributed by atoms with van der Waals surface area (Å²) in [4.78, 5) is 29.8. The SMILES string of the molecule is Cc1cc(C)n(CCNC(=O)c2ccc(CN3CCC(C)CC3)[nH]c2=O)n1. The van der Waals surface area contributed by atoms with E-state index >= 15 is 0 Å². The van der Waals surface area contributed by atoms with Gasteiger partial charge in [0.15, 0.2) is 0 Å². The minimum Gasteiger partial charge on any atom is -0.350 e. The summed E-state index contributed by atoms with van der Waals surface area (Å²) in [5, 5.41) is 7.16. The Bertz CT molecular complexity index is 846. The molecule has 1 aliphatic heterocycles. The lowest BCUT2D eigenvalue weighted by atomic mass is 9.99. The Balaban J connectivity index is 1.54. The van der Waals surface area contributed by atoms with Crippen LogP contribution in [0, 0.1) is 19.8 Å². The van der Waals surface area contributed by atoms with Gasteiger partial charge < -0.3 is 10.3 Å². The number of likely N-dealkylation sites (tertiary alicyclic amines) is 1. The molecular weight excluding hydrogens is 342 g/mol. The van der Waals surface area contributed by atoms with E-state index in [1.54, 1.807) is 6.07 Å². The zero-order valence-electron chi connectivity index (χ0n) is 16.4. The fourth-order valence-electron chi connectivity index (χ4n) is 3.52. The molecule has 7 nitrogen and oxygen atoms in total. The quantitative estimate of drug-likeness (QED) is 0.812. The van der Waals surface area contributed by atoms with Gasteiger partial charge in [0.05, 0.1) is 12.2 Å². The number of pyridine rings is 1. The standard InChI is InChI=1S/C20H29N5O2/c1-14-6-9-24(10-7-14)13-17-4-5-18(20(27)22-17)19(26)21-8-11-25-16(3)12-15(2)23-25/h4-5,12,14H,6-11,13H2,1-3H3,(H,21,26)(H,22,27). The molecule has 0 spiro atoms. The minimum absolute atomic E-state index is 0.152. The predicted octanol–water partition coefficient (Wildman–Crippen LogP) is 1.85. The van der Waals surface area contributed by atoms with Crippen molar-refractivity contribution >= 4 is 5.91 Å². The van der Waals surface area contributed by atoms with E-state index in [2.05, 4.69) is 27.2 Å². The number of carbonyl (C=O) groups excluding carboxylic acids is 1. The highest BCUT2D eigenvalue weighted by atomic mass is 16.2. The van der Waals surface area contributed by atoms with Gasteiger partial charge in [0.2, 0.25) is 0 Å². The Morgan fingerprint density at radius 2 is 2.04 bits per heavy atom. The third-order valence-electron chi connectivity index (χ3n) is 5.20. The summed E-state index contributed by atoms with van der Waals surface area (Å²) < 4.78 is 1.85. The van der Waals surface area contributed by atoms with Crippen molar-refractivity contribution in [1.82, 2.24) is 25.0 Å². The number of hydrogen-bond acceptors (Lipinski definition) is 4. The van der Waals surface area contributed by atoms with Crippen LogP contribution in [0.4, 0.5) is 0 Å². The highest BCUT2D eigenvalue weighted by Gasteiger charge is 2.17. The molecule has 2 N–H and O–H groups in total. The second kappa shape index (κ2) is 8.52. The molecule has 0 bridgehead atoms. The lowest BCUT2D eigenvalue weighted by Crippen LogP contribution is -2.34. The van der Waals surface area contributed by atoms with E-state index < -0.39 is 0 Å². The van der Waals surface area contributed by atoms with E-state index in [4.69, 9.17) is 0 Å². The highest BCUT2D eigenvalue weighted by molar-refractivity contribution is 5.93. The molecule has 0 aliphatic carbocycles. The number of nitrogens with zero attached hydrogens (tertiary/aromatic N) is 3. The molecule has 0 atom stereocenters. The average molecular weight is 371 g/mol. The Labute approximate surface area is 159 Å². The molecule has 0 aromatic carbocycles. The lowest BCUT2D eigenvalue weighted by molar-refractivity contribution is 0.0950. The van der Waals surface area contributed by atoms with E-state index in [9.17, 15) is 9.59 Å². The van der Waals surface area contributed by atoms with E-state index in [1.807, 2.05) is 30.7 Å². The molecule has 3 heterocycles. The summed E-state index contributed by atoms with van der Waals surface area (Å²) in [7, 11) is 0. The molecule has 2 aromatic heterocycles. The molecule has 27 heavy (non-hydrogen) atoms. The van der Waals surface area contributed by atoms with Crippen LogP contribution in [0.1, 0.15) is 47.2 Å². The number of piperidine rings is 1. The Morgan fingerprint density at radius 1 is 1.30 bits per heavy atom. The number of aryl methyl sites for hydroxylation is 2. The van der Waals surface area contributed by atoms with Crippen molar-refractivity contribution in [3.8, 4) is 0 Å². The Morgan fingerprint density at radius 3 is 2.67 bits per heavy atom. The zero-order valence-corrected chi connectivity index (χ0v) is 16.4. The third-order valence-corrected chi connectivity index (χ3v) is 5.20. The molecule has 1 amide bonds. The molecule has 0 saturated carbocycles. The van der Waals surface area contributed by atoms with Gasteiger partial charge in [-0.2, -0.15) is 5.10 Å². The molecule has 7 heteroatoms. The summed E-state index contributed by atoms with van der Waals surface area (Å²) in [6.45, 7) is 10.0. The second-order valence-electron chi connectivity index (χ2n) is 7.59. The van der Waals surface area contributed by atoms with E-state index in [0.29, 0.717) is 13.1 Å². The van der Waals surface area contributed by atoms with Crippen LogP contribution < -0.4 is 10.9 Å². The van der Waals surface area contributed by atoms with Gasteiger partial charge in [0, 0.05) is 24.5 Å². The van der Waals surface area contributed by atoms with Crippen LogP contribution in [0.5, 0.6) is 0 Å². The number of nitrogens with one attached hydrogen (secondary N) is 2. The first-order valence-corrected chi connectivity index (χ1v) is 9.66. The molecule has 146 valence electrons. The van der Waals surface area contributed by atoms with Crippen molar-refractivity contribution in [2.45, 2.75) is 46.7 Å². The first-order valence-electron chi connectivity index (χ1n) is 9.66. The molecule has 1 aliphatic rings. The third kappa shape index (κ3) is 5.07. The van der Waals surface area contributed by atoms with Crippen LogP contribution in [0.3, 0.4) is 0 Å². The molecule has 2 aromatic rings. The van der Waals surface area contributed by atoms with Crippen molar-refractivity contribution in [1.29, 1.82) is 0 Å². The van der Waals surface area contributed by atoms with Crippen LogP contribution >= 0.6 is 0 Å². The number of H-pyrrole nitrogens is 1. The highest BCUT2D eigenvalue weighted by Crippen LogP contribution is 2.17. The largest absolute Gasteiger partial charge is 0.350 e. The maximum Gasteiger partial charge on any atom is 0.261 e. The van der Waals surface area contributed by atoms with Crippen LogP contribution in [0.25, 0.3) is 0 Å². The summed E-state index contributed by atoms with van der Waals surface area (Å²) in [5.41, 5.74) is 2.68. The zero-order chi connectivity index (χ0) is 19.4. The van der Waals surface area contributed by atoms with Crippen molar-refractivity contribution in [2.24, 2.45) is 5.92 Å². The number of carbonyl (C=O) groups is 1. The van der Waals surface area contributed by atoms with Crippen molar-refractivity contribution in [2.75, 3.05) is 19.6 Å². The lowest BCUT2D eigenvalue weighted by Gasteiger charge is -2.29. The second-order valence-corrected chi connectivity index (χ2v) is 7.59. The van der Waals surface area contributed by atoms with Crippen LogP contribution in [-0.2, 0) is 13.1 Å². The van der Waals surface area contributed by atoms with Gasteiger partial charge in [0.25, 0.3) is 11.5 Å². The smallest absolute Gasteiger partial charge is 0.261 e. The average Bonchev–Trinajstić information content (AvgIpc) is 2.94. The topological polar surface area (TPSA) is 83.0 Å². The van der Waals surface area contributed by atoms with E-state index in [1.165, 1.54) is 12.8 Å². The van der Waals surface area contributed by atoms with Crippen molar-refractivity contribution in [3.63, 3.8) is 0 Å². The monoisotopic (exact) mass is 371 g/mol. The first-order chi connectivity index (χ1) is 12.9. The van der Waals surface area contributed by atoms with E-state index in [-0.39, 0.29) is 17.0 Å². The maximum absolute atomic E-state index is 12.3. The molecule has 3 rings (SSSR count). The summed E-state index contributed by atoms with van der Waals surface area (Å²) in [6.07, 6.45) is 2.39. The number of aromatic nitrogens is 3. The minimum atomic E-state index is -0.351. The molecular formula is C20H29N5O2. The van der Waals surface area contributed by atoms with Crippen LogP contribution in [-0.4, -0.2) is 45.2 Å². The van der Waals surface area contributed by atoms with Gasteiger partial charge in [-0.05, 0) is 63.9 Å². The van der Waals surface area contributed by atoms with Crippen LogP contribution in [0.2, 0.25) is 0 Å². The molecule has 0 unspecified atom stereocenters. The Kier molecular flexibility index (Phi) is 6.11. The fourth-order valence-corrected chi connectivity index (χ4v) is 3.52. The van der Waals surface area contributed by atoms with Crippen LogP contribution in [0.15, 0.2) is 23.0 Å². The van der Waals surface area contributed by atoms with Gasteiger partial charge in [-0.15, -0.1) is 0 Å². The summed E-state index contributed by atoms with van der Waals surface area (Å²) >= 11 is 0. The number of aromatic amines is 1. The van der Waals surface area contributed by atoms with E-state index in [0.717, 1.165) is 42.6 Å². The number of amides is 1. The predicted molar refractivity (Wildman–Crippen MR) is 105 cm³/mol. The summed E-state index contributed by atoms with van der Waals surface area (Å²) in [6, 6.07) is 5.46. The number of rotatable bonds is 6. The molecule has 1 fully saturated rings. The van der Waals surface area contributed by atoms with Crippen molar-refractivity contribution < 1.29 is 4.79 Å². The summed E-state index contributed by atoms with van der Waals surface area (Å²) in [5.74, 6) is 0.428. The molecule has 0 radical (unpaired) electrons. The van der Waals surface area contributed by atoms with Gasteiger partial charge in [0.1, 0.15) is 5.56 Å². The van der Waals surface area contributed by atoms with Gasteiger partial charge in [-0.3, -0.25) is 19.2 Å².